The minimum atomic E-state index is -0.853. The molecule has 15 heavy (non-hydrogen) atoms. The summed E-state index contributed by atoms with van der Waals surface area (Å²) >= 11 is 5.75. The van der Waals surface area contributed by atoms with Crippen LogP contribution in [0.15, 0.2) is 12.1 Å². The van der Waals surface area contributed by atoms with Crippen LogP contribution in [0.25, 0.3) is 0 Å². The zero-order chi connectivity index (χ0) is 11.2. The lowest BCUT2D eigenvalue weighted by Crippen LogP contribution is -2.20. The predicted molar refractivity (Wildman–Crippen MR) is 54.7 cm³/mol. The van der Waals surface area contributed by atoms with Crippen molar-refractivity contribution in [2.45, 2.75) is 25.2 Å². The third kappa shape index (κ3) is 1.42. The van der Waals surface area contributed by atoms with Gasteiger partial charge in [-0.15, -0.1) is 0 Å². The van der Waals surface area contributed by atoms with Crippen molar-refractivity contribution < 1.29 is 14.3 Å². The number of rotatable bonds is 2. The van der Waals surface area contributed by atoms with E-state index >= 15 is 0 Å². The number of hydrogen-bond acceptors (Lipinski definition) is 1. The van der Waals surface area contributed by atoms with Crippen LogP contribution in [-0.2, 0) is 10.2 Å². The fourth-order valence-electron chi connectivity index (χ4n) is 1.89. The van der Waals surface area contributed by atoms with E-state index in [0.717, 1.165) is 0 Å². The second-order valence-corrected chi connectivity index (χ2v) is 4.30. The van der Waals surface area contributed by atoms with Crippen molar-refractivity contribution >= 4 is 17.6 Å². The topological polar surface area (TPSA) is 37.3 Å². The van der Waals surface area contributed by atoms with E-state index in [1.807, 2.05) is 0 Å². The van der Waals surface area contributed by atoms with Gasteiger partial charge in [0.05, 0.1) is 10.4 Å². The van der Waals surface area contributed by atoms with Gasteiger partial charge in [-0.05, 0) is 37.0 Å². The monoisotopic (exact) mass is 228 g/mol. The highest BCUT2D eigenvalue weighted by molar-refractivity contribution is 6.31. The van der Waals surface area contributed by atoms with Gasteiger partial charge in [-0.2, -0.15) is 0 Å². The van der Waals surface area contributed by atoms with Crippen molar-refractivity contribution in [3.05, 3.63) is 34.1 Å². The van der Waals surface area contributed by atoms with Crippen LogP contribution >= 0.6 is 11.6 Å². The Kier molecular flexibility index (Phi) is 2.23. The maximum atomic E-state index is 13.1. The van der Waals surface area contributed by atoms with E-state index in [4.69, 9.17) is 16.7 Å². The lowest BCUT2D eigenvalue weighted by molar-refractivity contribution is -0.140. The summed E-state index contributed by atoms with van der Waals surface area (Å²) in [6.07, 6.45) is 1.20. The summed E-state index contributed by atoms with van der Waals surface area (Å²) < 4.78 is 13.1. The number of carboxylic acids is 1. The Hall–Kier alpha value is -1.09. The minimum Gasteiger partial charge on any atom is -0.481 e. The lowest BCUT2D eigenvalue weighted by atomic mass is 9.92. The summed E-state index contributed by atoms with van der Waals surface area (Å²) in [5, 5.41) is 9.13. The quantitative estimate of drug-likeness (QED) is 0.845. The third-order valence-corrected chi connectivity index (χ3v) is 3.48. The van der Waals surface area contributed by atoms with Gasteiger partial charge in [0.15, 0.2) is 0 Å². The number of halogens is 2. The number of aliphatic carboxylic acids is 1. The predicted octanol–water partition coefficient (Wildman–Crippen LogP) is 2.90. The lowest BCUT2D eigenvalue weighted by Gasteiger charge is -2.14. The molecule has 0 radical (unpaired) electrons. The molecule has 2 rings (SSSR count). The molecule has 0 unspecified atom stereocenters. The van der Waals surface area contributed by atoms with Crippen LogP contribution in [0, 0.1) is 12.7 Å². The molecule has 0 bridgehead atoms. The molecule has 0 heterocycles. The number of carbonyl (C=O) groups is 1. The maximum absolute atomic E-state index is 13.1. The summed E-state index contributed by atoms with van der Waals surface area (Å²) in [6, 6.07) is 2.76. The molecule has 1 aliphatic rings. The average molecular weight is 229 g/mol. The Morgan fingerprint density at radius 3 is 2.60 bits per heavy atom. The van der Waals surface area contributed by atoms with Crippen LogP contribution in [0.1, 0.15) is 24.0 Å². The first-order valence-electron chi connectivity index (χ1n) is 4.67. The van der Waals surface area contributed by atoms with Gasteiger partial charge in [0, 0.05) is 0 Å². The standard InChI is InChI=1S/C11H10ClFO2/c1-6-7(2-3-8(13)9(6)12)11(4-5-11)10(14)15/h2-3H,4-5H2,1H3,(H,14,15). The molecule has 1 N–H and O–H groups in total. The van der Waals surface area contributed by atoms with Crippen LogP contribution in [-0.4, -0.2) is 11.1 Å². The van der Waals surface area contributed by atoms with Crippen LogP contribution in [0.3, 0.4) is 0 Å². The average Bonchev–Trinajstić information content (AvgIpc) is 2.95. The highest BCUT2D eigenvalue weighted by Crippen LogP contribution is 2.50. The molecule has 1 aliphatic carbocycles. The molecule has 80 valence electrons. The van der Waals surface area contributed by atoms with Crippen molar-refractivity contribution in [3.8, 4) is 0 Å². The summed E-state index contributed by atoms with van der Waals surface area (Å²) in [5.41, 5.74) is 0.361. The molecule has 0 aromatic heterocycles. The zero-order valence-corrected chi connectivity index (χ0v) is 8.94. The second kappa shape index (κ2) is 3.20. The fraction of sp³-hybridized carbons (Fsp3) is 0.364. The van der Waals surface area contributed by atoms with Gasteiger partial charge in [0.25, 0.3) is 0 Å². The van der Waals surface area contributed by atoms with Crippen molar-refractivity contribution in [2.75, 3.05) is 0 Å². The number of hydrogen-bond donors (Lipinski definition) is 1. The van der Waals surface area contributed by atoms with Gasteiger partial charge < -0.3 is 5.11 Å². The first-order valence-corrected chi connectivity index (χ1v) is 5.05. The Balaban J connectivity index is 2.55. The van der Waals surface area contributed by atoms with E-state index in [9.17, 15) is 9.18 Å². The molecular formula is C11H10ClFO2. The summed E-state index contributed by atoms with van der Waals surface area (Å²) in [5.74, 6) is -1.35. The van der Waals surface area contributed by atoms with E-state index < -0.39 is 17.2 Å². The third-order valence-electron chi connectivity index (χ3n) is 3.01. The molecule has 0 aliphatic heterocycles. The van der Waals surface area contributed by atoms with Crippen LogP contribution < -0.4 is 0 Å². The van der Waals surface area contributed by atoms with Gasteiger partial charge in [-0.3, -0.25) is 4.79 Å². The highest BCUT2D eigenvalue weighted by Gasteiger charge is 2.52. The SMILES string of the molecule is Cc1c(C2(C(=O)O)CC2)ccc(F)c1Cl. The van der Waals surface area contributed by atoms with Gasteiger partial charge >= 0.3 is 5.97 Å². The van der Waals surface area contributed by atoms with Crippen molar-refractivity contribution in [3.63, 3.8) is 0 Å². The Labute approximate surface area is 91.7 Å². The molecule has 1 fully saturated rings. The Morgan fingerprint density at radius 1 is 1.53 bits per heavy atom. The van der Waals surface area contributed by atoms with Gasteiger partial charge in [0.1, 0.15) is 5.82 Å². The molecule has 2 nitrogen and oxygen atoms in total. The molecule has 0 spiro atoms. The fourth-order valence-corrected chi connectivity index (χ4v) is 2.06. The van der Waals surface area contributed by atoms with E-state index in [2.05, 4.69) is 0 Å². The van der Waals surface area contributed by atoms with E-state index in [1.165, 1.54) is 12.1 Å². The number of benzene rings is 1. The summed E-state index contributed by atoms with van der Waals surface area (Å²) in [6.45, 7) is 1.66. The molecule has 4 heteroatoms. The van der Waals surface area contributed by atoms with Gasteiger partial charge in [-0.25, -0.2) is 4.39 Å². The molecule has 1 aromatic carbocycles. The largest absolute Gasteiger partial charge is 0.481 e. The van der Waals surface area contributed by atoms with Gasteiger partial charge in [-0.1, -0.05) is 17.7 Å². The molecule has 0 amide bonds. The molecule has 1 saturated carbocycles. The second-order valence-electron chi connectivity index (χ2n) is 3.92. The van der Waals surface area contributed by atoms with Crippen LogP contribution in [0.4, 0.5) is 4.39 Å². The zero-order valence-electron chi connectivity index (χ0n) is 8.18. The van der Waals surface area contributed by atoms with Crippen LogP contribution in [0.5, 0.6) is 0 Å². The van der Waals surface area contributed by atoms with Crippen molar-refractivity contribution in [1.29, 1.82) is 0 Å². The van der Waals surface area contributed by atoms with E-state index in [1.54, 1.807) is 6.92 Å². The molecule has 0 atom stereocenters. The normalized spacial score (nSPS) is 17.5. The van der Waals surface area contributed by atoms with E-state index in [-0.39, 0.29) is 5.02 Å². The van der Waals surface area contributed by atoms with E-state index in [0.29, 0.717) is 24.0 Å². The Bertz CT molecular complexity index is 438. The van der Waals surface area contributed by atoms with Crippen molar-refractivity contribution in [1.82, 2.24) is 0 Å². The molecule has 1 aromatic rings. The van der Waals surface area contributed by atoms with Gasteiger partial charge in [0.2, 0.25) is 0 Å². The summed E-state index contributed by atoms with van der Waals surface area (Å²) in [7, 11) is 0. The first kappa shape index (κ1) is 10.4. The maximum Gasteiger partial charge on any atom is 0.314 e. The molecular weight excluding hydrogens is 219 g/mol. The number of carboxylic acid groups (broad SMARTS) is 1. The first-order chi connectivity index (χ1) is 6.99. The Morgan fingerprint density at radius 2 is 2.13 bits per heavy atom. The minimum absolute atomic E-state index is 0.0278. The van der Waals surface area contributed by atoms with Crippen LogP contribution in [0.2, 0.25) is 5.02 Å². The smallest absolute Gasteiger partial charge is 0.314 e. The van der Waals surface area contributed by atoms with Crippen molar-refractivity contribution in [2.24, 2.45) is 0 Å². The molecule has 0 saturated heterocycles. The highest BCUT2D eigenvalue weighted by atomic mass is 35.5. The summed E-state index contributed by atoms with van der Waals surface area (Å²) in [4.78, 5) is 11.1.